The molecule has 1 N–H and O–H groups in total. The van der Waals surface area contributed by atoms with E-state index in [-0.39, 0.29) is 23.1 Å². The molecule has 2 rings (SSSR count). The molecule has 0 aliphatic heterocycles. The molecule has 2 unspecified atom stereocenters. The van der Waals surface area contributed by atoms with Gasteiger partial charge in [0.1, 0.15) is 6.54 Å². The third kappa shape index (κ3) is 8.40. The van der Waals surface area contributed by atoms with Crippen molar-refractivity contribution in [2.45, 2.75) is 39.0 Å². The number of hydrogen-bond donors (Lipinski definition) is 1. The topological polar surface area (TPSA) is 104 Å². The molecule has 0 saturated carbocycles. The van der Waals surface area contributed by atoms with Gasteiger partial charge in [-0.2, -0.15) is 13.2 Å². The SMILES string of the molecule is C=CC(Cc1ccc(C(F)(F)F)cc1)CC(C)OC(=O)CNC(=O)c1nccc(OC)c1OC(C)=O. The van der Waals surface area contributed by atoms with E-state index in [9.17, 15) is 27.6 Å². The standard InChI is InChI=1S/C25H27F3N2O6/c1-5-17(13-18-6-8-19(9-7-18)25(26,27)28)12-15(2)35-21(32)14-30-24(33)22-23(36-16(3)31)20(34-4)10-11-29-22/h5-11,15,17H,1,12-14H2,2-4H3,(H,30,33). The molecular weight excluding hydrogens is 481 g/mol. The molecule has 11 heteroatoms. The molecule has 1 amide bonds. The smallest absolute Gasteiger partial charge is 0.416 e. The number of methoxy groups -OCH3 is 1. The lowest BCUT2D eigenvalue weighted by molar-refractivity contribution is -0.147. The largest absolute Gasteiger partial charge is 0.493 e. The first-order valence-corrected chi connectivity index (χ1v) is 10.9. The van der Waals surface area contributed by atoms with Gasteiger partial charge in [-0.25, -0.2) is 4.98 Å². The number of nitrogens with one attached hydrogen (secondary N) is 1. The number of nitrogens with zero attached hydrogens (tertiary/aromatic N) is 1. The van der Waals surface area contributed by atoms with Crippen molar-refractivity contribution in [1.29, 1.82) is 0 Å². The molecule has 0 bridgehead atoms. The molecule has 1 aromatic heterocycles. The van der Waals surface area contributed by atoms with Gasteiger partial charge in [0, 0.05) is 19.2 Å². The molecule has 0 aliphatic rings. The number of benzene rings is 1. The second kappa shape index (κ2) is 12.7. The molecule has 0 radical (unpaired) electrons. The van der Waals surface area contributed by atoms with E-state index in [1.165, 1.54) is 31.5 Å². The number of amides is 1. The third-order valence-corrected chi connectivity index (χ3v) is 5.02. The highest BCUT2D eigenvalue weighted by Gasteiger charge is 2.30. The summed E-state index contributed by atoms with van der Waals surface area (Å²) in [5, 5.41) is 2.36. The van der Waals surface area contributed by atoms with Gasteiger partial charge >= 0.3 is 18.1 Å². The van der Waals surface area contributed by atoms with Crippen molar-refractivity contribution >= 4 is 17.8 Å². The highest BCUT2D eigenvalue weighted by Crippen LogP contribution is 2.30. The maximum Gasteiger partial charge on any atom is 0.416 e. The van der Waals surface area contributed by atoms with Gasteiger partial charge in [-0.15, -0.1) is 6.58 Å². The third-order valence-electron chi connectivity index (χ3n) is 5.02. The number of hydrogen-bond acceptors (Lipinski definition) is 7. The van der Waals surface area contributed by atoms with Gasteiger partial charge in [-0.3, -0.25) is 14.4 Å². The van der Waals surface area contributed by atoms with Crippen LogP contribution in [0.25, 0.3) is 0 Å². The average molecular weight is 508 g/mol. The summed E-state index contributed by atoms with van der Waals surface area (Å²) in [6.45, 7) is 6.09. The summed E-state index contributed by atoms with van der Waals surface area (Å²) >= 11 is 0. The molecule has 0 spiro atoms. The molecule has 0 fully saturated rings. The lowest BCUT2D eigenvalue weighted by Gasteiger charge is -2.19. The molecule has 194 valence electrons. The van der Waals surface area contributed by atoms with Crippen LogP contribution < -0.4 is 14.8 Å². The molecule has 2 aromatic rings. The van der Waals surface area contributed by atoms with Crippen molar-refractivity contribution < 1.29 is 41.8 Å². The number of halogens is 3. The highest BCUT2D eigenvalue weighted by molar-refractivity contribution is 5.98. The number of esters is 2. The van der Waals surface area contributed by atoms with Crippen LogP contribution in [0.1, 0.15) is 41.9 Å². The summed E-state index contributed by atoms with van der Waals surface area (Å²) < 4.78 is 53.6. The summed E-state index contributed by atoms with van der Waals surface area (Å²) in [7, 11) is 1.33. The van der Waals surface area contributed by atoms with Crippen LogP contribution in [0.4, 0.5) is 13.2 Å². The second-order valence-electron chi connectivity index (χ2n) is 7.90. The molecule has 2 atom stereocenters. The van der Waals surface area contributed by atoms with Crippen molar-refractivity contribution in [3.63, 3.8) is 0 Å². The van der Waals surface area contributed by atoms with E-state index in [4.69, 9.17) is 14.2 Å². The van der Waals surface area contributed by atoms with E-state index >= 15 is 0 Å². The van der Waals surface area contributed by atoms with Crippen molar-refractivity contribution in [1.82, 2.24) is 10.3 Å². The normalized spacial score (nSPS) is 12.7. The Hall–Kier alpha value is -3.89. The van der Waals surface area contributed by atoms with Gasteiger partial charge in [-0.05, 0) is 43.4 Å². The molecule has 0 saturated heterocycles. The summed E-state index contributed by atoms with van der Waals surface area (Å²) in [6.07, 6.45) is -1.24. The lowest BCUT2D eigenvalue weighted by Crippen LogP contribution is -2.33. The fraction of sp³-hybridized carbons (Fsp3) is 0.360. The van der Waals surface area contributed by atoms with Crippen molar-refractivity contribution in [3.8, 4) is 11.5 Å². The number of pyridine rings is 1. The van der Waals surface area contributed by atoms with Crippen LogP contribution >= 0.6 is 0 Å². The van der Waals surface area contributed by atoms with Gasteiger partial charge in [0.25, 0.3) is 5.91 Å². The van der Waals surface area contributed by atoms with Crippen molar-refractivity contribution in [3.05, 3.63) is 66.0 Å². The number of alkyl halides is 3. The van der Waals surface area contributed by atoms with Gasteiger partial charge in [0.05, 0.1) is 18.8 Å². The Bertz CT molecular complexity index is 1090. The number of carbonyl (C=O) groups is 3. The Morgan fingerprint density at radius 3 is 2.39 bits per heavy atom. The fourth-order valence-electron chi connectivity index (χ4n) is 3.37. The quantitative estimate of drug-likeness (QED) is 0.360. The maximum absolute atomic E-state index is 12.7. The molecule has 36 heavy (non-hydrogen) atoms. The Labute approximate surface area is 206 Å². The van der Waals surface area contributed by atoms with Crippen molar-refractivity contribution in [2.75, 3.05) is 13.7 Å². The summed E-state index contributed by atoms with van der Waals surface area (Å²) in [5.74, 6) is -2.40. The number of allylic oxidation sites excluding steroid dienone is 1. The molecular formula is C25H27F3N2O6. The van der Waals surface area contributed by atoms with E-state index in [0.717, 1.165) is 19.1 Å². The van der Waals surface area contributed by atoms with Crippen LogP contribution in [0.15, 0.2) is 49.2 Å². The van der Waals surface area contributed by atoms with Crippen LogP contribution in [-0.2, 0) is 26.9 Å². The molecule has 1 aromatic carbocycles. The Morgan fingerprint density at radius 1 is 1.17 bits per heavy atom. The van der Waals surface area contributed by atoms with E-state index in [0.29, 0.717) is 18.4 Å². The second-order valence-corrected chi connectivity index (χ2v) is 7.90. The van der Waals surface area contributed by atoms with E-state index in [1.54, 1.807) is 13.0 Å². The predicted octanol–water partition coefficient (Wildman–Crippen LogP) is 4.13. The van der Waals surface area contributed by atoms with Crippen molar-refractivity contribution in [2.24, 2.45) is 5.92 Å². The zero-order chi connectivity index (χ0) is 26.9. The van der Waals surface area contributed by atoms with Crippen LogP contribution in [0.5, 0.6) is 11.5 Å². The van der Waals surface area contributed by atoms with Gasteiger partial charge in [-0.1, -0.05) is 18.2 Å². The first-order chi connectivity index (χ1) is 16.9. The van der Waals surface area contributed by atoms with Gasteiger partial charge in [0.15, 0.2) is 11.4 Å². The first-order valence-electron chi connectivity index (χ1n) is 10.9. The van der Waals surface area contributed by atoms with E-state index in [2.05, 4.69) is 16.9 Å². The lowest BCUT2D eigenvalue weighted by atomic mass is 9.93. The van der Waals surface area contributed by atoms with E-state index in [1.807, 2.05) is 0 Å². The van der Waals surface area contributed by atoms with Crippen LogP contribution in [0, 0.1) is 5.92 Å². The average Bonchev–Trinajstić information content (AvgIpc) is 2.81. The molecule has 8 nitrogen and oxygen atoms in total. The Morgan fingerprint density at radius 2 is 1.83 bits per heavy atom. The number of rotatable bonds is 11. The van der Waals surface area contributed by atoms with E-state index < -0.39 is 42.2 Å². The maximum atomic E-state index is 12.7. The van der Waals surface area contributed by atoms with Crippen LogP contribution in [0.3, 0.4) is 0 Å². The summed E-state index contributed by atoms with van der Waals surface area (Å²) in [6, 6.07) is 6.26. The number of carbonyl (C=O) groups excluding carboxylic acids is 3. The van der Waals surface area contributed by atoms with Crippen LogP contribution in [-0.4, -0.2) is 42.6 Å². The van der Waals surface area contributed by atoms with Gasteiger partial charge < -0.3 is 19.5 Å². The fourth-order valence-corrected chi connectivity index (χ4v) is 3.37. The molecule has 0 aliphatic carbocycles. The summed E-state index contributed by atoms with van der Waals surface area (Å²) in [5.41, 5.74) is -0.281. The Kier molecular flexibility index (Phi) is 10.0. The predicted molar refractivity (Wildman–Crippen MR) is 123 cm³/mol. The number of aromatic nitrogens is 1. The minimum atomic E-state index is -4.40. The van der Waals surface area contributed by atoms with Gasteiger partial charge in [0.2, 0.25) is 5.75 Å². The summed E-state index contributed by atoms with van der Waals surface area (Å²) in [4.78, 5) is 40.0. The zero-order valence-corrected chi connectivity index (χ0v) is 20.1. The number of ether oxygens (including phenoxy) is 3. The monoisotopic (exact) mass is 508 g/mol. The Balaban J connectivity index is 1.90. The minimum absolute atomic E-state index is 0.116. The molecule has 1 heterocycles. The minimum Gasteiger partial charge on any atom is -0.493 e. The zero-order valence-electron chi connectivity index (χ0n) is 20.1. The highest BCUT2D eigenvalue weighted by atomic mass is 19.4. The van der Waals surface area contributed by atoms with Crippen LogP contribution in [0.2, 0.25) is 0 Å². The first kappa shape index (κ1) is 28.3.